The van der Waals surface area contributed by atoms with Gasteiger partial charge in [-0.25, -0.2) is 23.0 Å². The lowest BCUT2D eigenvalue weighted by atomic mass is 10.2. The second kappa shape index (κ2) is 10.6. The first kappa shape index (κ1) is 21.6. The van der Waals surface area contributed by atoms with Crippen molar-refractivity contribution in [2.75, 3.05) is 19.8 Å². The smallest absolute Gasteiger partial charge is 0.447 e. The molecule has 2 amide bonds. The second-order valence-electron chi connectivity index (χ2n) is 4.65. The number of hydrogen-bond donors (Lipinski definition) is 1. The Kier molecular flexibility index (Phi) is 8.79. The molecule has 0 aliphatic rings. The number of hydrogen-bond acceptors (Lipinski definition) is 8. The quantitative estimate of drug-likeness (QED) is 0.253. The van der Waals surface area contributed by atoms with E-state index in [0.717, 1.165) is 14.4 Å². The van der Waals surface area contributed by atoms with Crippen molar-refractivity contribution in [1.82, 2.24) is 8.61 Å². The number of thioether (sulfide) groups is 1. The van der Waals surface area contributed by atoms with Gasteiger partial charge in [-0.1, -0.05) is 24.2 Å². The first-order valence-corrected chi connectivity index (χ1v) is 9.05. The van der Waals surface area contributed by atoms with Gasteiger partial charge in [0.2, 0.25) is 0 Å². The highest BCUT2D eigenvalue weighted by atomic mass is 32.2. The number of carbonyl (C=O) groups is 3. The van der Waals surface area contributed by atoms with Crippen LogP contribution in [0.15, 0.2) is 29.4 Å². The largest absolute Gasteiger partial charge is 0.478 e. The normalized spacial score (nSPS) is 10.8. The summed E-state index contributed by atoms with van der Waals surface area (Å²) in [4.78, 5) is 39.8. The van der Waals surface area contributed by atoms with Gasteiger partial charge in [-0.2, -0.15) is 0 Å². The number of rotatable bonds is 6. The number of carbonyl (C=O) groups excluding carboxylic acids is 2. The molecular formula is C15H19N3O6S2. The summed E-state index contributed by atoms with van der Waals surface area (Å²) in [7, 11) is 2.75. The van der Waals surface area contributed by atoms with Crippen LogP contribution in [-0.2, 0) is 4.84 Å². The zero-order valence-electron chi connectivity index (χ0n) is 14.7. The van der Waals surface area contributed by atoms with Gasteiger partial charge in [0.05, 0.1) is 12.1 Å². The summed E-state index contributed by atoms with van der Waals surface area (Å²) < 4.78 is 7.11. The van der Waals surface area contributed by atoms with Gasteiger partial charge in [0.15, 0.2) is 0 Å². The monoisotopic (exact) mass is 401 g/mol. The molecule has 1 rings (SSSR count). The summed E-state index contributed by atoms with van der Waals surface area (Å²) >= 11 is 2.13. The molecule has 0 atom stereocenters. The van der Waals surface area contributed by atoms with Gasteiger partial charge in [0.1, 0.15) is 16.4 Å². The second-order valence-corrected chi connectivity index (χ2v) is 7.36. The molecular weight excluding hydrogens is 382 g/mol. The molecule has 0 spiro atoms. The van der Waals surface area contributed by atoms with Gasteiger partial charge in [0.25, 0.3) is 0 Å². The molecule has 0 fully saturated rings. The van der Waals surface area contributed by atoms with Gasteiger partial charge in [0, 0.05) is 14.1 Å². The molecule has 0 saturated carbocycles. The molecule has 26 heavy (non-hydrogen) atoms. The van der Waals surface area contributed by atoms with E-state index in [0.29, 0.717) is 17.2 Å². The van der Waals surface area contributed by atoms with Crippen LogP contribution in [0, 0.1) is 0 Å². The highest BCUT2D eigenvalue weighted by molar-refractivity contribution is 8.13. The molecule has 1 N–H and O–H groups in total. The van der Waals surface area contributed by atoms with Crippen molar-refractivity contribution >= 4 is 47.1 Å². The molecule has 9 nitrogen and oxygen atoms in total. The van der Waals surface area contributed by atoms with Crippen molar-refractivity contribution in [2.24, 2.45) is 5.16 Å². The Hall–Kier alpha value is -2.40. The van der Waals surface area contributed by atoms with Gasteiger partial charge in [-0.05, 0) is 24.8 Å². The molecule has 1 aromatic rings. The molecule has 142 valence electrons. The highest BCUT2D eigenvalue weighted by Crippen LogP contribution is 2.21. The van der Waals surface area contributed by atoms with Crippen molar-refractivity contribution < 1.29 is 29.1 Å². The molecule has 0 heterocycles. The molecule has 0 unspecified atom stereocenters. The van der Waals surface area contributed by atoms with Gasteiger partial charge in [-0.15, -0.1) is 11.8 Å². The summed E-state index contributed by atoms with van der Waals surface area (Å²) in [6.45, 7) is 3.65. The minimum Gasteiger partial charge on any atom is -0.478 e. The SMILES string of the molecule is CCSC(C)=NOC(=O)N(C)SN(C)C(=O)Oc1ccccc1C(=O)O. The van der Waals surface area contributed by atoms with E-state index in [1.807, 2.05) is 6.92 Å². The molecule has 0 aromatic heterocycles. The summed E-state index contributed by atoms with van der Waals surface area (Å²) in [6, 6.07) is 5.74. The number of aromatic carboxylic acids is 1. The van der Waals surface area contributed by atoms with Crippen molar-refractivity contribution in [3.63, 3.8) is 0 Å². The van der Waals surface area contributed by atoms with Crippen LogP contribution in [0.2, 0.25) is 0 Å². The summed E-state index contributed by atoms with van der Waals surface area (Å²) in [6.07, 6.45) is -1.64. The zero-order valence-corrected chi connectivity index (χ0v) is 16.3. The maximum absolute atomic E-state index is 12.1. The lowest BCUT2D eigenvalue weighted by molar-refractivity contribution is 0.0693. The Morgan fingerprint density at radius 1 is 1.15 bits per heavy atom. The Labute approximate surface area is 159 Å². The van der Waals surface area contributed by atoms with Crippen LogP contribution >= 0.6 is 23.9 Å². The van der Waals surface area contributed by atoms with Crippen LogP contribution in [0.25, 0.3) is 0 Å². The molecule has 0 bridgehead atoms. The molecule has 11 heteroatoms. The number of oxime groups is 1. The first-order chi connectivity index (χ1) is 12.3. The predicted octanol–water partition coefficient (Wildman–Crippen LogP) is 3.53. The number of ether oxygens (including phenoxy) is 1. The number of para-hydroxylation sites is 1. The van der Waals surface area contributed by atoms with Crippen LogP contribution in [0.1, 0.15) is 24.2 Å². The number of carboxylic acid groups (broad SMARTS) is 1. The molecule has 0 saturated heterocycles. The predicted molar refractivity (Wildman–Crippen MR) is 100 cm³/mol. The molecule has 0 aliphatic heterocycles. The topological polar surface area (TPSA) is 109 Å². The minimum absolute atomic E-state index is 0.0977. The lowest BCUT2D eigenvalue weighted by Crippen LogP contribution is -2.31. The number of carboxylic acids is 1. The average Bonchev–Trinajstić information content (AvgIpc) is 2.59. The highest BCUT2D eigenvalue weighted by Gasteiger charge is 2.21. The van der Waals surface area contributed by atoms with Crippen molar-refractivity contribution in [2.45, 2.75) is 13.8 Å². The summed E-state index contributed by atoms with van der Waals surface area (Å²) in [5.41, 5.74) is -0.148. The molecule has 0 radical (unpaired) electrons. The van der Waals surface area contributed by atoms with Crippen molar-refractivity contribution in [1.29, 1.82) is 0 Å². The maximum atomic E-state index is 12.1. The van der Waals surface area contributed by atoms with Crippen LogP contribution in [-0.4, -0.2) is 56.8 Å². The first-order valence-electron chi connectivity index (χ1n) is 7.34. The third kappa shape index (κ3) is 6.84. The Morgan fingerprint density at radius 2 is 1.77 bits per heavy atom. The number of amides is 2. The molecule has 0 aliphatic carbocycles. The Balaban J connectivity index is 2.63. The van der Waals surface area contributed by atoms with E-state index in [9.17, 15) is 14.4 Å². The average molecular weight is 401 g/mol. The lowest BCUT2D eigenvalue weighted by Gasteiger charge is -2.20. The van der Waals surface area contributed by atoms with Gasteiger partial charge < -0.3 is 9.84 Å². The molecule has 1 aromatic carbocycles. The van der Waals surface area contributed by atoms with E-state index in [2.05, 4.69) is 5.16 Å². The standard InChI is InChI=1S/C15H19N3O6S2/c1-5-25-10(2)16-24-15(22)18(4)26-17(3)14(21)23-12-9-7-6-8-11(12)13(19)20/h6-9H,5H2,1-4H3,(H,19,20). The van der Waals surface area contributed by atoms with Crippen LogP contribution in [0.3, 0.4) is 0 Å². The fourth-order valence-corrected chi connectivity index (χ4v) is 2.62. The van der Waals surface area contributed by atoms with E-state index < -0.39 is 18.2 Å². The summed E-state index contributed by atoms with van der Waals surface area (Å²) in [5.74, 6) is -0.522. The van der Waals surface area contributed by atoms with E-state index in [1.54, 1.807) is 13.0 Å². The third-order valence-electron chi connectivity index (χ3n) is 2.68. The number of benzene rings is 1. The van der Waals surface area contributed by atoms with E-state index >= 15 is 0 Å². The van der Waals surface area contributed by atoms with Crippen molar-refractivity contribution in [3.05, 3.63) is 29.8 Å². The Bertz CT molecular complexity index is 698. The Morgan fingerprint density at radius 3 is 2.38 bits per heavy atom. The zero-order chi connectivity index (χ0) is 19.7. The fourth-order valence-electron chi connectivity index (χ4n) is 1.54. The van der Waals surface area contributed by atoms with E-state index in [-0.39, 0.29) is 11.3 Å². The van der Waals surface area contributed by atoms with Crippen LogP contribution in [0.5, 0.6) is 5.75 Å². The minimum atomic E-state index is -1.22. The van der Waals surface area contributed by atoms with Gasteiger partial charge >= 0.3 is 18.2 Å². The summed E-state index contributed by atoms with van der Waals surface area (Å²) in [5, 5.41) is 13.3. The van der Waals surface area contributed by atoms with Crippen molar-refractivity contribution in [3.8, 4) is 5.75 Å². The third-order valence-corrected chi connectivity index (χ3v) is 4.25. The van der Waals surface area contributed by atoms with E-state index in [1.165, 1.54) is 44.1 Å². The maximum Gasteiger partial charge on any atom is 0.447 e. The fraction of sp³-hybridized carbons (Fsp3) is 0.333. The van der Waals surface area contributed by atoms with Gasteiger partial charge in [-0.3, -0.25) is 4.84 Å². The van der Waals surface area contributed by atoms with Crippen LogP contribution < -0.4 is 4.74 Å². The van der Waals surface area contributed by atoms with Crippen LogP contribution in [0.4, 0.5) is 9.59 Å². The number of nitrogens with zero attached hydrogens (tertiary/aromatic N) is 3. The van der Waals surface area contributed by atoms with E-state index in [4.69, 9.17) is 14.7 Å².